The predicted molar refractivity (Wildman–Crippen MR) is 94.0 cm³/mol. The first-order valence-corrected chi connectivity index (χ1v) is 7.78. The highest BCUT2D eigenvalue weighted by Gasteiger charge is 2.14. The summed E-state index contributed by atoms with van der Waals surface area (Å²) in [5.74, 6) is 0. The third-order valence-corrected chi connectivity index (χ3v) is 4.19. The van der Waals surface area contributed by atoms with Crippen molar-refractivity contribution in [3.8, 4) is 16.8 Å². The van der Waals surface area contributed by atoms with Crippen LogP contribution in [0.15, 0.2) is 66.7 Å². The van der Waals surface area contributed by atoms with Gasteiger partial charge in [0.2, 0.25) is 0 Å². The zero-order valence-corrected chi connectivity index (χ0v) is 13.3. The molecule has 0 atom stereocenters. The van der Waals surface area contributed by atoms with E-state index in [9.17, 15) is 0 Å². The number of fused-ring (bicyclic) bond motifs is 1. The Hall–Kier alpha value is -2.65. The smallest absolute Gasteiger partial charge is 0.113 e. The minimum Gasteiger partial charge on any atom is -0.212 e. The second-order valence-corrected chi connectivity index (χ2v) is 5.90. The molecule has 23 heavy (non-hydrogen) atoms. The van der Waals surface area contributed by atoms with Crippen molar-refractivity contribution in [2.75, 3.05) is 0 Å². The molecule has 0 aliphatic rings. The van der Waals surface area contributed by atoms with E-state index in [4.69, 9.17) is 11.6 Å². The Bertz CT molecular complexity index is 1000. The lowest BCUT2D eigenvalue weighted by Crippen LogP contribution is -2.00. The molecule has 0 aliphatic heterocycles. The number of hydrogen-bond acceptors (Lipinski definition) is 2. The van der Waals surface area contributed by atoms with E-state index in [1.807, 2.05) is 53.2 Å². The first kappa shape index (κ1) is 14.0. The summed E-state index contributed by atoms with van der Waals surface area (Å²) in [7, 11) is 0. The van der Waals surface area contributed by atoms with Crippen LogP contribution in [-0.2, 0) is 0 Å². The molecule has 4 rings (SSSR count). The highest BCUT2D eigenvalue weighted by atomic mass is 35.5. The lowest BCUT2D eigenvalue weighted by molar-refractivity contribution is 0.825. The molecule has 0 radical (unpaired) electrons. The molecule has 112 valence electrons. The monoisotopic (exact) mass is 319 g/mol. The number of para-hydroxylation sites is 1. The Labute approximate surface area is 139 Å². The fourth-order valence-electron chi connectivity index (χ4n) is 2.82. The highest BCUT2D eigenvalue weighted by Crippen LogP contribution is 2.34. The number of aryl methyl sites for hydroxylation is 1. The van der Waals surface area contributed by atoms with E-state index >= 15 is 0 Å². The summed E-state index contributed by atoms with van der Waals surface area (Å²) in [6.45, 7) is 2.07. The van der Waals surface area contributed by atoms with Crippen molar-refractivity contribution in [3.05, 3.63) is 77.3 Å². The molecular weight excluding hydrogens is 306 g/mol. The average molecular weight is 320 g/mol. The summed E-state index contributed by atoms with van der Waals surface area (Å²) >= 11 is 6.52. The van der Waals surface area contributed by atoms with Crippen LogP contribution >= 0.6 is 11.6 Å². The molecule has 0 N–H and O–H groups in total. The van der Waals surface area contributed by atoms with Crippen LogP contribution in [0, 0.1) is 6.92 Å². The summed E-state index contributed by atoms with van der Waals surface area (Å²) in [4.78, 5) is 0. The van der Waals surface area contributed by atoms with Gasteiger partial charge in [0.1, 0.15) is 5.52 Å². The Morgan fingerprint density at radius 1 is 0.913 bits per heavy atom. The average Bonchev–Trinajstić information content (AvgIpc) is 2.98. The minimum absolute atomic E-state index is 0.702. The number of hydrogen-bond donors (Lipinski definition) is 0. The van der Waals surface area contributed by atoms with Gasteiger partial charge in [0.25, 0.3) is 0 Å². The van der Waals surface area contributed by atoms with Crippen molar-refractivity contribution in [2.45, 2.75) is 6.92 Å². The van der Waals surface area contributed by atoms with Gasteiger partial charge in [-0.05, 0) is 36.8 Å². The molecule has 0 aliphatic carbocycles. The summed E-state index contributed by atoms with van der Waals surface area (Å²) < 4.78 is 1.85. The van der Waals surface area contributed by atoms with Crippen molar-refractivity contribution in [1.29, 1.82) is 0 Å². The van der Waals surface area contributed by atoms with Gasteiger partial charge in [0.15, 0.2) is 0 Å². The Kier molecular flexibility index (Phi) is 3.36. The van der Waals surface area contributed by atoms with Crippen molar-refractivity contribution in [1.82, 2.24) is 15.0 Å². The van der Waals surface area contributed by atoms with Crippen LogP contribution in [0.4, 0.5) is 0 Å². The molecule has 0 unspecified atom stereocenters. The summed E-state index contributed by atoms with van der Waals surface area (Å²) in [6, 6.07) is 22.1. The van der Waals surface area contributed by atoms with Gasteiger partial charge in [-0.1, -0.05) is 64.8 Å². The van der Waals surface area contributed by atoms with Crippen molar-refractivity contribution in [3.63, 3.8) is 0 Å². The summed E-state index contributed by atoms with van der Waals surface area (Å²) in [5.41, 5.74) is 5.98. The van der Waals surface area contributed by atoms with E-state index < -0.39 is 0 Å². The molecule has 4 heteroatoms. The maximum Gasteiger partial charge on any atom is 0.113 e. The van der Waals surface area contributed by atoms with Gasteiger partial charge in [0, 0.05) is 5.56 Å². The van der Waals surface area contributed by atoms with Gasteiger partial charge in [-0.2, -0.15) is 0 Å². The normalized spacial score (nSPS) is 11.0. The first-order valence-electron chi connectivity index (χ1n) is 7.40. The molecule has 0 fully saturated rings. The zero-order chi connectivity index (χ0) is 15.8. The van der Waals surface area contributed by atoms with Crippen molar-refractivity contribution >= 4 is 22.6 Å². The quantitative estimate of drug-likeness (QED) is 0.517. The fourth-order valence-corrected chi connectivity index (χ4v) is 3.10. The lowest BCUT2D eigenvalue weighted by atomic mass is 10.0. The van der Waals surface area contributed by atoms with E-state index in [0.29, 0.717) is 5.02 Å². The van der Waals surface area contributed by atoms with E-state index in [1.54, 1.807) is 0 Å². The molecule has 1 aromatic heterocycles. The van der Waals surface area contributed by atoms with Gasteiger partial charge < -0.3 is 0 Å². The molecule has 0 saturated carbocycles. The molecule has 0 spiro atoms. The lowest BCUT2D eigenvalue weighted by Gasteiger charge is -2.12. The predicted octanol–water partition coefficient (Wildman–Crippen LogP) is 5.05. The van der Waals surface area contributed by atoms with Gasteiger partial charge in [-0.3, -0.25) is 0 Å². The fraction of sp³-hybridized carbons (Fsp3) is 0.0526. The molecule has 3 aromatic carbocycles. The number of halogens is 1. The van der Waals surface area contributed by atoms with Crippen LogP contribution in [0.2, 0.25) is 5.02 Å². The topological polar surface area (TPSA) is 30.7 Å². The van der Waals surface area contributed by atoms with E-state index in [1.165, 1.54) is 5.56 Å². The van der Waals surface area contributed by atoms with Crippen LogP contribution in [0.3, 0.4) is 0 Å². The molecule has 3 nitrogen and oxygen atoms in total. The number of nitrogens with zero attached hydrogens (tertiary/aromatic N) is 3. The van der Waals surface area contributed by atoms with E-state index in [0.717, 1.165) is 27.8 Å². The third-order valence-electron chi connectivity index (χ3n) is 3.88. The summed E-state index contributed by atoms with van der Waals surface area (Å²) in [5, 5.41) is 9.27. The van der Waals surface area contributed by atoms with E-state index in [2.05, 4.69) is 35.4 Å². The zero-order valence-electron chi connectivity index (χ0n) is 12.6. The maximum atomic E-state index is 6.52. The SMILES string of the molecule is Cc1cccc(-c2c(Cl)cccc2-n2nnc3ccccc32)c1. The molecule has 0 amide bonds. The molecular formula is C19H14ClN3. The molecule has 4 aromatic rings. The van der Waals surface area contributed by atoms with Crippen LogP contribution in [0.5, 0.6) is 0 Å². The largest absolute Gasteiger partial charge is 0.212 e. The summed E-state index contributed by atoms with van der Waals surface area (Å²) in [6.07, 6.45) is 0. The Morgan fingerprint density at radius 3 is 2.61 bits per heavy atom. The van der Waals surface area contributed by atoms with Gasteiger partial charge in [-0.15, -0.1) is 5.10 Å². The second kappa shape index (κ2) is 5.52. The molecule has 1 heterocycles. The second-order valence-electron chi connectivity index (χ2n) is 5.49. The number of aromatic nitrogens is 3. The van der Waals surface area contributed by atoms with Crippen LogP contribution in [0.1, 0.15) is 5.56 Å². The molecule has 0 saturated heterocycles. The van der Waals surface area contributed by atoms with Gasteiger partial charge >= 0.3 is 0 Å². The molecule has 0 bridgehead atoms. The van der Waals surface area contributed by atoms with Crippen molar-refractivity contribution < 1.29 is 0 Å². The van der Waals surface area contributed by atoms with Crippen LogP contribution in [0.25, 0.3) is 27.8 Å². The highest BCUT2D eigenvalue weighted by molar-refractivity contribution is 6.33. The Balaban J connectivity index is 2.02. The Morgan fingerprint density at radius 2 is 1.74 bits per heavy atom. The number of rotatable bonds is 2. The maximum absolute atomic E-state index is 6.52. The van der Waals surface area contributed by atoms with Crippen LogP contribution < -0.4 is 0 Å². The van der Waals surface area contributed by atoms with Crippen molar-refractivity contribution in [2.24, 2.45) is 0 Å². The third kappa shape index (κ3) is 2.39. The standard InChI is InChI=1S/C19H14ClN3/c1-13-6-4-7-14(12-13)19-15(20)8-5-11-18(19)23-17-10-3-2-9-16(17)21-22-23/h2-12H,1H3. The minimum atomic E-state index is 0.702. The van der Waals surface area contributed by atoms with Gasteiger partial charge in [-0.25, -0.2) is 4.68 Å². The number of benzene rings is 3. The van der Waals surface area contributed by atoms with Gasteiger partial charge in [0.05, 0.1) is 16.2 Å². The first-order chi connectivity index (χ1) is 11.2. The van der Waals surface area contributed by atoms with E-state index in [-0.39, 0.29) is 0 Å². The van der Waals surface area contributed by atoms with Crippen LogP contribution in [-0.4, -0.2) is 15.0 Å².